The average Bonchev–Trinajstić information content (AvgIpc) is 2.73. The monoisotopic (exact) mass is 157 g/mol. The molecular formula is C6H11N3O2. The lowest BCUT2D eigenvalue weighted by molar-refractivity contribution is 0.197. The topological polar surface area (TPSA) is 61.8 Å². The van der Waals surface area contributed by atoms with Crippen molar-refractivity contribution < 1.29 is 4.79 Å². The fourth-order valence-electron chi connectivity index (χ4n) is 0.821. The van der Waals surface area contributed by atoms with E-state index in [2.05, 4.69) is 10.6 Å². The van der Waals surface area contributed by atoms with Crippen molar-refractivity contribution in [2.24, 2.45) is 5.29 Å². The van der Waals surface area contributed by atoms with E-state index < -0.39 is 0 Å². The number of nitroso groups, excluding NO2 is 1. The van der Waals surface area contributed by atoms with Crippen LogP contribution in [0.25, 0.3) is 0 Å². The molecule has 5 heteroatoms. The van der Waals surface area contributed by atoms with E-state index in [4.69, 9.17) is 0 Å². The predicted octanol–water partition coefficient (Wildman–Crippen LogP) is 0.862. The molecule has 62 valence electrons. The molecule has 0 aromatic carbocycles. The van der Waals surface area contributed by atoms with Gasteiger partial charge in [-0.1, -0.05) is 0 Å². The van der Waals surface area contributed by atoms with Gasteiger partial charge in [0.2, 0.25) is 0 Å². The summed E-state index contributed by atoms with van der Waals surface area (Å²) >= 11 is 0. The van der Waals surface area contributed by atoms with Crippen LogP contribution in [0.2, 0.25) is 0 Å². The van der Waals surface area contributed by atoms with Crippen molar-refractivity contribution in [1.82, 2.24) is 10.3 Å². The number of nitrogens with zero attached hydrogens (tertiary/aromatic N) is 2. The number of nitrogens with one attached hydrogen (secondary N) is 1. The van der Waals surface area contributed by atoms with E-state index >= 15 is 0 Å². The lowest BCUT2D eigenvalue weighted by Gasteiger charge is -2.11. The molecule has 1 aliphatic carbocycles. The number of amides is 2. The maximum absolute atomic E-state index is 11.0. The Morgan fingerprint density at radius 2 is 2.36 bits per heavy atom. The molecule has 2 amide bonds. The zero-order valence-corrected chi connectivity index (χ0v) is 6.41. The number of carbonyl (C=O) groups excluding carboxylic acids is 1. The Balaban J connectivity index is 2.39. The third-order valence-electron chi connectivity index (χ3n) is 1.52. The van der Waals surface area contributed by atoms with Crippen molar-refractivity contribution in [3.63, 3.8) is 0 Å². The molecule has 0 saturated heterocycles. The normalized spacial score (nSPS) is 15.7. The van der Waals surface area contributed by atoms with Gasteiger partial charge in [0.15, 0.2) is 0 Å². The third-order valence-corrected chi connectivity index (χ3v) is 1.52. The van der Waals surface area contributed by atoms with E-state index in [0.717, 1.165) is 17.9 Å². The van der Waals surface area contributed by atoms with Crippen LogP contribution in [-0.2, 0) is 0 Å². The lowest BCUT2D eigenvalue weighted by Crippen LogP contribution is -2.37. The first-order chi connectivity index (χ1) is 5.29. The highest BCUT2D eigenvalue weighted by molar-refractivity contribution is 5.74. The van der Waals surface area contributed by atoms with Crippen LogP contribution < -0.4 is 5.32 Å². The Hall–Kier alpha value is -1.13. The zero-order valence-electron chi connectivity index (χ0n) is 6.41. The standard InChI is InChI=1S/C6H11N3O2/c1-2-7-6(10)9(8-11)5-3-4-5/h5H,2-4H2,1H3,(H,7,10). The molecule has 0 aromatic rings. The van der Waals surface area contributed by atoms with Crippen LogP contribution in [-0.4, -0.2) is 23.6 Å². The minimum Gasteiger partial charge on any atom is -0.337 e. The first kappa shape index (κ1) is 7.97. The second-order valence-corrected chi connectivity index (χ2v) is 2.49. The van der Waals surface area contributed by atoms with Crippen LogP contribution in [0.3, 0.4) is 0 Å². The highest BCUT2D eigenvalue weighted by Crippen LogP contribution is 2.26. The summed E-state index contributed by atoms with van der Waals surface area (Å²) in [5.41, 5.74) is 0. The number of urea groups is 1. The van der Waals surface area contributed by atoms with E-state index in [-0.39, 0.29) is 12.1 Å². The quantitative estimate of drug-likeness (QED) is 0.488. The molecule has 11 heavy (non-hydrogen) atoms. The van der Waals surface area contributed by atoms with E-state index in [1.54, 1.807) is 6.92 Å². The van der Waals surface area contributed by atoms with Gasteiger partial charge < -0.3 is 5.32 Å². The molecule has 0 radical (unpaired) electrons. The SMILES string of the molecule is CCNC(=O)N(N=O)C1CC1. The molecule has 5 nitrogen and oxygen atoms in total. The van der Waals surface area contributed by atoms with Crippen LogP contribution in [0, 0.1) is 4.91 Å². The highest BCUT2D eigenvalue weighted by atomic mass is 16.3. The van der Waals surface area contributed by atoms with Gasteiger partial charge in [0.05, 0.1) is 11.3 Å². The molecule has 0 bridgehead atoms. The second-order valence-electron chi connectivity index (χ2n) is 2.49. The summed E-state index contributed by atoms with van der Waals surface area (Å²) in [6.45, 7) is 2.32. The van der Waals surface area contributed by atoms with Gasteiger partial charge in [-0.2, -0.15) is 5.01 Å². The van der Waals surface area contributed by atoms with E-state index in [1.165, 1.54) is 0 Å². The van der Waals surface area contributed by atoms with Gasteiger partial charge in [-0.25, -0.2) is 4.79 Å². The molecule has 1 N–H and O–H groups in total. The molecule has 0 atom stereocenters. The van der Waals surface area contributed by atoms with E-state index in [9.17, 15) is 9.70 Å². The molecule has 1 aliphatic rings. The summed E-state index contributed by atoms with van der Waals surface area (Å²) in [6, 6.07) is -0.330. The van der Waals surface area contributed by atoms with Crippen LogP contribution in [0.4, 0.5) is 4.79 Å². The molecule has 1 saturated carbocycles. The van der Waals surface area contributed by atoms with Crippen LogP contribution in [0.15, 0.2) is 5.29 Å². The number of hydrogen-bond donors (Lipinski definition) is 1. The lowest BCUT2D eigenvalue weighted by atomic mass is 10.6. The zero-order chi connectivity index (χ0) is 8.27. The number of hydrogen-bond acceptors (Lipinski definition) is 3. The molecule has 0 spiro atoms. The molecule has 1 fully saturated rings. The fraction of sp³-hybridized carbons (Fsp3) is 0.833. The molecule has 0 aliphatic heterocycles. The van der Waals surface area contributed by atoms with Crippen LogP contribution in [0.1, 0.15) is 19.8 Å². The van der Waals surface area contributed by atoms with Crippen molar-refractivity contribution >= 4 is 6.03 Å². The average molecular weight is 157 g/mol. The Morgan fingerprint density at radius 1 is 1.73 bits per heavy atom. The molecular weight excluding hydrogens is 146 g/mol. The summed E-state index contributed by atoms with van der Waals surface area (Å²) in [4.78, 5) is 21.1. The molecule has 0 unspecified atom stereocenters. The molecule has 0 heterocycles. The number of carbonyl (C=O) groups is 1. The molecule has 1 rings (SSSR count). The summed E-state index contributed by atoms with van der Waals surface area (Å²) in [7, 11) is 0. The van der Waals surface area contributed by atoms with Gasteiger partial charge in [-0.15, -0.1) is 4.91 Å². The minimum absolute atomic E-state index is 0.0547. The van der Waals surface area contributed by atoms with Crippen LogP contribution in [0.5, 0.6) is 0 Å². The maximum atomic E-state index is 11.0. The fourth-order valence-corrected chi connectivity index (χ4v) is 0.821. The van der Waals surface area contributed by atoms with Gasteiger partial charge in [0, 0.05) is 6.54 Å². The van der Waals surface area contributed by atoms with Gasteiger partial charge in [0.25, 0.3) is 0 Å². The van der Waals surface area contributed by atoms with Gasteiger partial charge in [0.1, 0.15) is 0 Å². The predicted molar refractivity (Wildman–Crippen MR) is 39.7 cm³/mol. The van der Waals surface area contributed by atoms with E-state index in [1.807, 2.05) is 0 Å². The van der Waals surface area contributed by atoms with Crippen LogP contribution >= 0.6 is 0 Å². The highest BCUT2D eigenvalue weighted by Gasteiger charge is 2.33. The van der Waals surface area contributed by atoms with Crippen molar-refractivity contribution in [3.8, 4) is 0 Å². The Labute approximate surface area is 64.7 Å². The first-order valence-corrected chi connectivity index (χ1v) is 3.70. The van der Waals surface area contributed by atoms with Crippen molar-refractivity contribution in [3.05, 3.63) is 4.91 Å². The summed E-state index contributed by atoms with van der Waals surface area (Å²) < 4.78 is 0. The number of rotatable bonds is 3. The Bertz CT molecular complexity index is 167. The Morgan fingerprint density at radius 3 is 2.73 bits per heavy atom. The van der Waals surface area contributed by atoms with Gasteiger partial charge in [-0.05, 0) is 19.8 Å². The third kappa shape index (κ3) is 1.89. The first-order valence-electron chi connectivity index (χ1n) is 3.70. The van der Waals surface area contributed by atoms with Crippen molar-refractivity contribution in [2.45, 2.75) is 25.8 Å². The largest absolute Gasteiger partial charge is 0.340 e. The Kier molecular flexibility index (Phi) is 2.40. The molecule has 0 aromatic heterocycles. The van der Waals surface area contributed by atoms with Gasteiger partial charge in [-0.3, -0.25) is 0 Å². The van der Waals surface area contributed by atoms with E-state index in [0.29, 0.717) is 6.54 Å². The smallest absolute Gasteiger partial charge is 0.337 e. The summed E-state index contributed by atoms with van der Waals surface area (Å²) in [5.74, 6) is 0. The van der Waals surface area contributed by atoms with Crippen molar-refractivity contribution in [1.29, 1.82) is 0 Å². The summed E-state index contributed by atoms with van der Waals surface area (Å²) in [6.07, 6.45) is 1.78. The minimum atomic E-state index is -0.384. The van der Waals surface area contributed by atoms with Crippen molar-refractivity contribution in [2.75, 3.05) is 6.54 Å². The maximum Gasteiger partial charge on any atom is 0.340 e. The second kappa shape index (κ2) is 3.32. The summed E-state index contributed by atoms with van der Waals surface area (Å²) in [5, 5.41) is 6.13. The van der Waals surface area contributed by atoms with Gasteiger partial charge >= 0.3 is 6.03 Å².